The summed E-state index contributed by atoms with van der Waals surface area (Å²) in [5.74, 6) is 0.679. The Kier molecular flexibility index (Phi) is 3.17. The molecule has 2 aromatic rings. The van der Waals surface area contributed by atoms with E-state index in [2.05, 4.69) is 31.3 Å². The zero-order chi connectivity index (χ0) is 14.3. The first kappa shape index (κ1) is 13.1. The van der Waals surface area contributed by atoms with Crippen molar-refractivity contribution in [2.45, 2.75) is 19.9 Å². The number of nitrogens with one attached hydrogen (secondary N) is 1. The number of benzene rings is 1. The molecule has 3 rings (SSSR count). The van der Waals surface area contributed by atoms with Crippen LogP contribution in [0.3, 0.4) is 0 Å². The molecule has 1 aromatic carbocycles. The first-order valence-corrected chi connectivity index (χ1v) is 7.01. The fourth-order valence-corrected chi connectivity index (χ4v) is 2.95. The molecule has 0 fully saturated rings. The van der Waals surface area contributed by atoms with E-state index in [-0.39, 0.29) is 11.8 Å². The Morgan fingerprint density at radius 2 is 2.25 bits per heavy atom. The molecule has 0 spiro atoms. The van der Waals surface area contributed by atoms with Gasteiger partial charge in [-0.15, -0.1) is 0 Å². The second-order valence-electron chi connectivity index (χ2n) is 4.71. The Bertz CT molecular complexity index is 719. The van der Waals surface area contributed by atoms with Crippen LogP contribution in [0.5, 0.6) is 0 Å². The van der Waals surface area contributed by atoms with Gasteiger partial charge < -0.3 is 5.32 Å². The smallest absolute Gasteiger partial charge is 0.226 e. The maximum atomic E-state index is 12.0. The summed E-state index contributed by atoms with van der Waals surface area (Å²) in [6.07, 6.45) is 1.49. The second kappa shape index (κ2) is 4.86. The Labute approximate surface area is 124 Å². The molecular weight excluding hydrogens is 320 g/mol. The largest absolute Gasteiger partial charge is 0.328 e. The summed E-state index contributed by atoms with van der Waals surface area (Å²) in [5, 5.41) is 7.37. The Morgan fingerprint density at radius 1 is 1.45 bits per heavy atom. The Balaban J connectivity index is 2.22. The van der Waals surface area contributed by atoms with Gasteiger partial charge in [-0.3, -0.25) is 4.79 Å². The van der Waals surface area contributed by atoms with Crippen molar-refractivity contribution in [2.24, 2.45) is 0 Å². The number of hydrogen-bond donors (Lipinski definition) is 1. The normalized spacial score (nSPS) is 17.6. The minimum Gasteiger partial charge on any atom is -0.328 e. The lowest BCUT2D eigenvalue weighted by Crippen LogP contribution is -2.27. The molecule has 5 nitrogen and oxygen atoms in total. The van der Waals surface area contributed by atoms with Gasteiger partial charge in [0.25, 0.3) is 0 Å². The zero-order valence-corrected chi connectivity index (χ0v) is 12.7. The van der Waals surface area contributed by atoms with Gasteiger partial charge in [-0.25, -0.2) is 4.68 Å². The lowest BCUT2D eigenvalue weighted by Gasteiger charge is -2.28. The van der Waals surface area contributed by atoms with Gasteiger partial charge >= 0.3 is 0 Å². The first-order valence-electron chi connectivity index (χ1n) is 6.21. The molecular formula is C14H13BrN4O. The van der Waals surface area contributed by atoms with Crippen LogP contribution in [-0.4, -0.2) is 20.5 Å². The molecule has 0 saturated carbocycles. The average molecular weight is 333 g/mol. The molecule has 0 unspecified atom stereocenters. The molecule has 0 aliphatic carbocycles. The fourth-order valence-electron chi connectivity index (χ4n) is 2.53. The maximum absolute atomic E-state index is 12.0. The molecule has 1 atom stereocenters. The number of allylic oxidation sites excluding steroid dienone is 2. The van der Waals surface area contributed by atoms with Crippen LogP contribution >= 0.6 is 15.9 Å². The van der Waals surface area contributed by atoms with Crippen molar-refractivity contribution < 1.29 is 4.79 Å². The van der Waals surface area contributed by atoms with Crippen molar-refractivity contribution in [2.75, 3.05) is 5.32 Å². The number of halogens is 1. The van der Waals surface area contributed by atoms with Gasteiger partial charge in [0.05, 0.1) is 0 Å². The number of hydrogen-bond acceptors (Lipinski definition) is 4. The summed E-state index contributed by atoms with van der Waals surface area (Å²) < 4.78 is 2.71. The molecule has 2 heterocycles. The molecule has 1 N–H and O–H groups in total. The van der Waals surface area contributed by atoms with Crippen LogP contribution in [-0.2, 0) is 4.79 Å². The number of aromatic nitrogens is 3. The van der Waals surface area contributed by atoms with Crippen LogP contribution in [0.2, 0.25) is 0 Å². The molecule has 1 aliphatic rings. The van der Waals surface area contributed by atoms with E-state index < -0.39 is 0 Å². The number of nitrogens with zero attached hydrogens (tertiary/aromatic N) is 3. The lowest BCUT2D eigenvalue weighted by molar-refractivity contribution is -0.114. The number of ketones is 1. The van der Waals surface area contributed by atoms with E-state index in [0.29, 0.717) is 11.5 Å². The van der Waals surface area contributed by atoms with E-state index >= 15 is 0 Å². The van der Waals surface area contributed by atoms with E-state index in [9.17, 15) is 4.79 Å². The van der Waals surface area contributed by atoms with E-state index in [1.165, 1.54) is 6.33 Å². The maximum Gasteiger partial charge on any atom is 0.226 e. The molecule has 6 heteroatoms. The predicted octanol–water partition coefficient (Wildman–Crippen LogP) is 2.92. The van der Waals surface area contributed by atoms with E-state index in [0.717, 1.165) is 15.7 Å². The summed E-state index contributed by atoms with van der Waals surface area (Å²) in [6.45, 7) is 3.47. The SMILES string of the molecule is CC(=O)C1=C(C)Nc2ncnn2[C@H]1c1cccc(Br)c1. The van der Waals surface area contributed by atoms with Crippen molar-refractivity contribution >= 4 is 27.7 Å². The summed E-state index contributed by atoms with van der Waals surface area (Å²) in [6, 6.07) is 7.64. The van der Waals surface area contributed by atoms with Gasteiger partial charge in [-0.2, -0.15) is 10.1 Å². The third kappa shape index (κ3) is 2.06. The van der Waals surface area contributed by atoms with Gasteiger partial charge in [0, 0.05) is 15.7 Å². The van der Waals surface area contributed by atoms with Crippen molar-refractivity contribution in [3.63, 3.8) is 0 Å². The summed E-state index contributed by atoms with van der Waals surface area (Å²) in [7, 11) is 0. The third-order valence-electron chi connectivity index (χ3n) is 3.34. The number of Topliss-reactive ketones (excluding diaryl/α,β-unsaturated/α-hetero) is 1. The summed E-state index contributed by atoms with van der Waals surface area (Å²) in [4.78, 5) is 16.2. The van der Waals surface area contributed by atoms with Crippen molar-refractivity contribution in [3.05, 3.63) is 51.9 Å². The van der Waals surface area contributed by atoms with Gasteiger partial charge in [0.1, 0.15) is 12.4 Å². The monoisotopic (exact) mass is 332 g/mol. The van der Waals surface area contributed by atoms with Crippen LogP contribution in [0.1, 0.15) is 25.5 Å². The molecule has 0 amide bonds. The average Bonchev–Trinajstić information content (AvgIpc) is 2.84. The second-order valence-corrected chi connectivity index (χ2v) is 5.62. The van der Waals surface area contributed by atoms with Gasteiger partial charge in [0.2, 0.25) is 5.95 Å². The van der Waals surface area contributed by atoms with Crippen LogP contribution in [0, 0.1) is 0 Å². The summed E-state index contributed by atoms with van der Waals surface area (Å²) in [5.41, 5.74) is 2.53. The number of anilines is 1. The van der Waals surface area contributed by atoms with Crippen LogP contribution in [0.15, 0.2) is 46.3 Å². The highest BCUT2D eigenvalue weighted by Gasteiger charge is 2.31. The summed E-state index contributed by atoms with van der Waals surface area (Å²) >= 11 is 3.47. The highest BCUT2D eigenvalue weighted by molar-refractivity contribution is 9.10. The van der Waals surface area contributed by atoms with E-state index in [4.69, 9.17) is 0 Å². The Hall–Kier alpha value is -1.95. The highest BCUT2D eigenvalue weighted by Crippen LogP contribution is 2.35. The highest BCUT2D eigenvalue weighted by atomic mass is 79.9. The minimum absolute atomic E-state index is 0.0288. The predicted molar refractivity (Wildman–Crippen MR) is 79.3 cm³/mol. The molecule has 102 valence electrons. The van der Waals surface area contributed by atoms with E-state index in [1.54, 1.807) is 11.6 Å². The standard InChI is InChI=1S/C14H13BrN4O/c1-8-12(9(2)20)13(10-4-3-5-11(15)6-10)19-14(18-8)16-7-17-19/h3-7,13H,1-2H3,(H,16,17,18)/t13-/m0/s1. The molecule has 1 aliphatic heterocycles. The quantitative estimate of drug-likeness (QED) is 0.918. The molecule has 1 aromatic heterocycles. The molecule has 0 bridgehead atoms. The topological polar surface area (TPSA) is 59.8 Å². The number of carbonyl (C=O) groups is 1. The number of fused-ring (bicyclic) bond motifs is 1. The fraction of sp³-hybridized carbons (Fsp3) is 0.214. The van der Waals surface area contributed by atoms with Crippen molar-refractivity contribution in [1.29, 1.82) is 0 Å². The number of rotatable bonds is 2. The van der Waals surface area contributed by atoms with Crippen LogP contribution in [0.4, 0.5) is 5.95 Å². The first-order chi connectivity index (χ1) is 9.58. The van der Waals surface area contributed by atoms with Gasteiger partial charge in [-0.1, -0.05) is 28.1 Å². The molecule has 0 saturated heterocycles. The Morgan fingerprint density at radius 3 is 2.95 bits per heavy atom. The molecule has 0 radical (unpaired) electrons. The minimum atomic E-state index is -0.247. The van der Waals surface area contributed by atoms with Gasteiger partial charge in [0.15, 0.2) is 5.78 Å². The molecule has 20 heavy (non-hydrogen) atoms. The lowest BCUT2D eigenvalue weighted by atomic mass is 9.93. The zero-order valence-electron chi connectivity index (χ0n) is 11.1. The van der Waals surface area contributed by atoms with E-state index in [1.807, 2.05) is 31.2 Å². The number of carbonyl (C=O) groups excluding carboxylic acids is 1. The van der Waals surface area contributed by atoms with Crippen LogP contribution < -0.4 is 5.32 Å². The van der Waals surface area contributed by atoms with Crippen molar-refractivity contribution in [3.8, 4) is 0 Å². The third-order valence-corrected chi connectivity index (χ3v) is 3.83. The van der Waals surface area contributed by atoms with Crippen LogP contribution in [0.25, 0.3) is 0 Å². The van der Waals surface area contributed by atoms with Gasteiger partial charge in [-0.05, 0) is 31.5 Å². The van der Waals surface area contributed by atoms with Crippen molar-refractivity contribution in [1.82, 2.24) is 14.8 Å².